The molecule has 0 saturated carbocycles. The third-order valence-electron chi connectivity index (χ3n) is 4.18. The first-order chi connectivity index (χ1) is 10.5. The number of hydrogen-bond donors (Lipinski definition) is 0. The molecule has 0 amide bonds. The van der Waals surface area contributed by atoms with Gasteiger partial charge in [-0.3, -0.25) is 0 Å². The summed E-state index contributed by atoms with van der Waals surface area (Å²) in [5.74, 6) is -1.29. The van der Waals surface area contributed by atoms with E-state index in [0.717, 1.165) is 13.0 Å². The quantitative estimate of drug-likeness (QED) is 0.789. The van der Waals surface area contributed by atoms with Gasteiger partial charge in [-0.25, -0.2) is 0 Å². The summed E-state index contributed by atoms with van der Waals surface area (Å²) in [5, 5.41) is 2.41. The molecule has 1 atom stereocenters. The molecule has 3 rings (SSSR count). The zero-order valence-corrected chi connectivity index (χ0v) is 12.2. The Kier molecular flexibility index (Phi) is 4.10. The predicted molar refractivity (Wildman–Crippen MR) is 82.5 cm³/mol. The summed E-state index contributed by atoms with van der Waals surface area (Å²) in [6.45, 7) is 1.22. The Balaban J connectivity index is 1.60. The Hall–Kier alpha value is -1.97. The summed E-state index contributed by atoms with van der Waals surface area (Å²) in [5.41, 5.74) is 1.21. The number of alkyl halides is 3. The Labute approximate surface area is 128 Å². The molecule has 4 heteroatoms. The highest BCUT2D eigenvalue weighted by Crippen LogP contribution is 2.32. The monoisotopic (exact) mass is 305 g/mol. The van der Waals surface area contributed by atoms with Gasteiger partial charge < -0.3 is 4.90 Å². The third-order valence-corrected chi connectivity index (χ3v) is 4.18. The van der Waals surface area contributed by atoms with Crippen LogP contribution < -0.4 is 0 Å². The first-order valence-electron chi connectivity index (χ1n) is 7.49. The van der Waals surface area contributed by atoms with Crippen molar-refractivity contribution >= 4 is 10.8 Å². The van der Waals surface area contributed by atoms with Crippen LogP contribution >= 0.6 is 0 Å². The van der Waals surface area contributed by atoms with E-state index in [9.17, 15) is 13.2 Å². The molecule has 0 aliphatic carbocycles. The summed E-state index contributed by atoms with van der Waals surface area (Å²) in [6, 6.07) is 14.5. The first kappa shape index (κ1) is 14.9. The minimum atomic E-state index is -4.11. The summed E-state index contributed by atoms with van der Waals surface area (Å²) < 4.78 is 37.8. The summed E-state index contributed by atoms with van der Waals surface area (Å²) in [4.78, 5) is 1.97. The molecule has 1 aliphatic heterocycles. The molecule has 2 aromatic carbocycles. The van der Waals surface area contributed by atoms with Crippen LogP contribution in [-0.4, -0.2) is 24.2 Å². The van der Waals surface area contributed by atoms with Crippen LogP contribution in [0.25, 0.3) is 10.8 Å². The Bertz CT molecular complexity index is 675. The molecule has 0 spiro atoms. The maximum Gasteiger partial charge on any atom is 0.395 e. The van der Waals surface area contributed by atoms with E-state index >= 15 is 0 Å². The van der Waals surface area contributed by atoms with Crippen LogP contribution in [0.2, 0.25) is 0 Å². The number of fused-ring (bicyclic) bond motifs is 1. The lowest BCUT2D eigenvalue weighted by Crippen LogP contribution is -2.32. The highest BCUT2D eigenvalue weighted by Gasteiger charge is 2.38. The lowest BCUT2D eigenvalue weighted by atomic mass is 10.0. The van der Waals surface area contributed by atoms with Crippen LogP contribution in [0.15, 0.2) is 54.7 Å². The van der Waals surface area contributed by atoms with Crippen molar-refractivity contribution in [1.82, 2.24) is 4.90 Å². The number of rotatable bonds is 3. The van der Waals surface area contributed by atoms with Gasteiger partial charge in [-0.05, 0) is 35.4 Å². The number of hydrogen-bond acceptors (Lipinski definition) is 1. The van der Waals surface area contributed by atoms with Crippen molar-refractivity contribution in [1.29, 1.82) is 0 Å². The van der Waals surface area contributed by atoms with Crippen LogP contribution in [0.1, 0.15) is 12.0 Å². The van der Waals surface area contributed by atoms with Crippen molar-refractivity contribution < 1.29 is 13.2 Å². The maximum atomic E-state index is 12.6. The molecular weight excluding hydrogens is 287 g/mol. The number of nitrogens with zero attached hydrogens (tertiary/aromatic N) is 1. The molecule has 0 bridgehead atoms. The van der Waals surface area contributed by atoms with Crippen molar-refractivity contribution in [3.05, 3.63) is 60.3 Å². The SMILES string of the molecule is FC(F)(F)C1C=CN(CCc2ccc3ccccc3c2)CC1. The molecule has 22 heavy (non-hydrogen) atoms. The average molecular weight is 305 g/mol. The van der Waals surface area contributed by atoms with Gasteiger partial charge in [0, 0.05) is 13.1 Å². The number of allylic oxidation sites excluding steroid dienone is 1. The predicted octanol–water partition coefficient (Wildman–Crippen LogP) is 4.78. The fraction of sp³-hybridized carbons (Fsp3) is 0.333. The highest BCUT2D eigenvalue weighted by atomic mass is 19.4. The minimum Gasteiger partial charge on any atom is -0.377 e. The zero-order chi connectivity index (χ0) is 15.6. The molecule has 2 aromatic rings. The molecule has 116 valence electrons. The molecule has 0 radical (unpaired) electrons. The first-order valence-corrected chi connectivity index (χ1v) is 7.49. The fourth-order valence-electron chi connectivity index (χ4n) is 2.83. The van der Waals surface area contributed by atoms with Gasteiger partial charge in [0.25, 0.3) is 0 Å². The second-order valence-electron chi connectivity index (χ2n) is 5.75. The Morgan fingerprint density at radius 3 is 2.50 bits per heavy atom. The molecule has 1 heterocycles. The van der Waals surface area contributed by atoms with Crippen molar-refractivity contribution in [3.8, 4) is 0 Å². The van der Waals surface area contributed by atoms with Crippen LogP contribution in [0.3, 0.4) is 0 Å². The molecular formula is C18H18F3N. The van der Waals surface area contributed by atoms with E-state index < -0.39 is 12.1 Å². The van der Waals surface area contributed by atoms with Crippen molar-refractivity contribution in [2.45, 2.75) is 19.0 Å². The lowest BCUT2D eigenvalue weighted by Gasteiger charge is -2.28. The standard InChI is InChI=1S/C18H18F3N/c19-18(20,21)17-8-11-22(12-9-17)10-7-14-5-6-15-3-1-2-4-16(15)13-14/h1-6,8,11,13,17H,7,9-10,12H2. The summed E-state index contributed by atoms with van der Waals surface area (Å²) >= 11 is 0. The molecule has 1 unspecified atom stereocenters. The number of benzene rings is 2. The Morgan fingerprint density at radius 2 is 1.82 bits per heavy atom. The van der Waals surface area contributed by atoms with Gasteiger partial charge in [-0.15, -0.1) is 0 Å². The van der Waals surface area contributed by atoms with Crippen molar-refractivity contribution in [2.24, 2.45) is 5.92 Å². The Morgan fingerprint density at radius 1 is 1.05 bits per heavy atom. The highest BCUT2D eigenvalue weighted by molar-refractivity contribution is 5.82. The second kappa shape index (κ2) is 6.03. The van der Waals surface area contributed by atoms with Crippen molar-refractivity contribution in [3.63, 3.8) is 0 Å². The molecule has 1 aliphatic rings. The normalized spacial score (nSPS) is 18.9. The third kappa shape index (κ3) is 3.43. The van der Waals surface area contributed by atoms with Gasteiger partial charge >= 0.3 is 6.18 Å². The molecule has 1 nitrogen and oxygen atoms in total. The van der Waals surface area contributed by atoms with Crippen LogP contribution in [0, 0.1) is 5.92 Å². The average Bonchev–Trinajstić information content (AvgIpc) is 2.52. The molecule has 0 aromatic heterocycles. The number of halogens is 3. The van der Waals surface area contributed by atoms with Gasteiger partial charge in [-0.1, -0.05) is 48.5 Å². The zero-order valence-electron chi connectivity index (χ0n) is 12.2. The minimum absolute atomic E-state index is 0.151. The van der Waals surface area contributed by atoms with E-state index in [4.69, 9.17) is 0 Å². The van der Waals surface area contributed by atoms with Crippen LogP contribution in [0.5, 0.6) is 0 Å². The maximum absolute atomic E-state index is 12.6. The molecule has 0 saturated heterocycles. The topological polar surface area (TPSA) is 3.24 Å². The van der Waals surface area contributed by atoms with Gasteiger partial charge in [0.05, 0.1) is 5.92 Å². The fourth-order valence-corrected chi connectivity index (χ4v) is 2.83. The van der Waals surface area contributed by atoms with Crippen LogP contribution in [-0.2, 0) is 6.42 Å². The van der Waals surface area contributed by atoms with Gasteiger partial charge in [0.1, 0.15) is 0 Å². The van der Waals surface area contributed by atoms with Gasteiger partial charge in [0.15, 0.2) is 0 Å². The van der Waals surface area contributed by atoms with Gasteiger partial charge in [-0.2, -0.15) is 13.2 Å². The molecule has 0 fully saturated rings. The van der Waals surface area contributed by atoms with E-state index in [2.05, 4.69) is 30.3 Å². The van der Waals surface area contributed by atoms with Gasteiger partial charge in [0.2, 0.25) is 0 Å². The van der Waals surface area contributed by atoms with E-state index in [1.165, 1.54) is 22.4 Å². The second-order valence-corrected chi connectivity index (χ2v) is 5.75. The van der Waals surface area contributed by atoms with E-state index in [1.54, 1.807) is 6.20 Å². The summed E-state index contributed by atoms with van der Waals surface area (Å²) in [6.07, 6.45) is -0.239. The van der Waals surface area contributed by atoms with Crippen LogP contribution in [0.4, 0.5) is 13.2 Å². The largest absolute Gasteiger partial charge is 0.395 e. The van der Waals surface area contributed by atoms with E-state index in [0.29, 0.717) is 6.54 Å². The van der Waals surface area contributed by atoms with Crippen molar-refractivity contribution in [2.75, 3.05) is 13.1 Å². The lowest BCUT2D eigenvalue weighted by molar-refractivity contribution is -0.164. The van der Waals surface area contributed by atoms with E-state index in [-0.39, 0.29) is 6.42 Å². The molecule has 0 N–H and O–H groups in total. The smallest absolute Gasteiger partial charge is 0.377 e. The van der Waals surface area contributed by atoms with E-state index in [1.807, 2.05) is 17.0 Å². The summed E-state index contributed by atoms with van der Waals surface area (Å²) in [7, 11) is 0.